The number of carboxylic acids is 1. The van der Waals surface area contributed by atoms with Crippen molar-refractivity contribution in [2.45, 2.75) is 32.1 Å². The molecule has 1 aromatic rings. The molecule has 2 N–H and O–H groups in total. The van der Waals surface area contributed by atoms with E-state index in [9.17, 15) is 17.6 Å². The summed E-state index contributed by atoms with van der Waals surface area (Å²) >= 11 is 0. The standard InChI is InChI=1S/C12H16FNO4S/c1-7-4-5-10(6-11(7)13)8(2)14-19(17,18)9(3)12(15)16/h4-6,8-9,14H,1-3H3,(H,15,16). The highest BCUT2D eigenvalue weighted by molar-refractivity contribution is 7.90. The highest BCUT2D eigenvalue weighted by atomic mass is 32.2. The lowest BCUT2D eigenvalue weighted by Gasteiger charge is -2.17. The highest BCUT2D eigenvalue weighted by Gasteiger charge is 2.29. The van der Waals surface area contributed by atoms with Crippen molar-refractivity contribution in [1.82, 2.24) is 4.72 Å². The van der Waals surface area contributed by atoms with Crippen molar-refractivity contribution < 1.29 is 22.7 Å². The molecule has 0 radical (unpaired) electrons. The van der Waals surface area contributed by atoms with Crippen LogP contribution in [0.15, 0.2) is 18.2 Å². The molecule has 0 bridgehead atoms. The van der Waals surface area contributed by atoms with E-state index in [1.807, 2.05) is 0 Å². The van der Waals surface area contributed by atoms with Gasteiger partial charge in [0.1, 0.15) is 5.82 Å². The lowest BCUT2D eigenvalue weighted by Crippen LogP contribution is -2.38. The first kappa shape index (κ1) is 15.6. The first-order chi connectivity index (χ1) is 8.65. The Bertz CT molecular complexity index is 585. The Morgan fingerprint density at radius 1 is 1.37 bits per heavy atom. The number of carboxylic acid groups (broad SMARTS) is 1. The van der Waals surface area contributed by atoms with Crippen LogP contribution in [0.3, 0.4) is 0 Å². The van der Waals surface area contributed by atoms with Gasteiger partial charge in [0, 0.05) is 6.04 Å². The van der Waals surface area contributed by atoms with Gasteiger partial charge in [0.15, 0.2) is 5.25 Å². The van der Waals surface area contributed by atoms with Crippen LogP contribution >= 0.6 is 0 Å². The number of aryl methyl sites for hydroxylation is 1. The summed E-state index contributed by atoms with van der Waals surface area (Å²) < 4.78 is 39.1. The molecule has 0 aliphatic heterocycles. The van der Waals surface area contributed by atoms with E-state index in [1.165, 1.54) is 19.1 Å². The van der Waals surface area contributed by atoms with Gasteiger partial charge in [0.25, 0.3) is 0 Å². The topological polar surface area (TPSA) is 83.5 Å². The minimum absolute atomic E-state index is 0.435. The van der Waals surface area contributed by atoms with Gasteiger partial charge in [-0.2, -0.15) is 0 Å². The van der Waals surface area contributed by atoms with Crippen LogP contribution in [0.1, 0.15) is 31.0 Å². The Balaban J connectivity index is 2.93. The van der Waals surface area contributed by atoms with Gasteiger partial charge in [-0.1, -0.05) is 12.1 Å². The molecule has 0 heterocycles. The maximum Gasteiger partial charge on any atom is 0.323 e. The van der Waals surface area contributed by atoms with Crippen LogP contribution in [-0.4, -0.2) is 24.7 Å². The number of aliphatic carboxylic acids is 1. The van der Waals surface area contributed by atoms with Crippen molar-refractivity contribution in [3.05, 3.63) is 35.1 Å². The van der Waals surface area contributed by atoms with Gasteiger partial charge >= 0.3 is 5.97 Å². The highest BCUT2D eigenvalue weighted by Crippen LogP contribution is 2.18. The lowest BCUT2D eigenvalue weighted by molar-refractivity contribution is -0.136. The van der Waals surface area contributed by atoms with Gasteiger partial charge in [0.2, 0.25) is 10.0 Å². The zero-order chi connectivity index (χ0) is 14.8. The van der Waals surface area contributed by atoms with Crippen molar-refractivity contribution in [2.75, 3.05) is 0 Å². The van der Waals surface area contributed by atoms with E-state index in [2.05, 4.69) is 4.72 Å². The Morgan fingerprint density at radius 2 is 1.95 bits per heavy atom. The van der Waals surface area contributed by atoms with Crippen molar-refractivity contribution in [3.63, 3.8) is 0 Å². The monoisotopic (exact) mass is 289 g/mol. The van der Waals surface area contributed by atoms with Crippen molar-refractivity contribution in [3.8, 4) is 0 Å². The number of carbonyl (C=O) groups is 1. The quantitative estimate of drug-likeness (QED) is 0.862. The summed E-state index contributed by atoms with van der Waals surface area (Å²) in [5, 5.41) is 7.14. The first-order valence-corrected chi connectivity index (χ1v) is 7.19. The molecule has 0 spiro atoms. The normalized spacial score (nSPS) is 14.9. The van der Waals surface area contributed by atoms with E-state index in [-0.39, 0.29) is 0 Å². The van der Waals surface area contributed by atoms with E-state index >= 15 is 0 Å². The van der Waals surface area contributed by atoms with Crippen LogP contribution in [0.5, 0.6) is 0 Å². The second-order valence-electron chi connectivity index (χ2n) is 4.37. The molecule has 2 atom stereocenters. The molecule has 2 unspecified atom stereocenters. The molecular weight excluding hydrogens is 273 g/mol. The fourth-order valence-corrected chi connectivity index (χ4v) is 2.53. The Morgan fingerprint density at radius 3 is 2.42 bits per heavy atom. The number of sulfonamides is 1. The van der Waals surface area contributed by atoms with Crippen LogP contribution in [-0.2, 0) is 14.8 Å². The molecule has 106 valence electrons. The molecule has 0 saturated carbocycles. The van der Waals surface area contributed by atoms with Crippen molar-refractivity contribution >= 4 is 16.0 Å². The zero-order valence-corrected chi connectivity index (χ0v) is 11.7. The van der Waals surface area contributed by atoms with E-state index in [1.54, 1.807) is 13.0 Å². The number of halogens is 1. The molecule has 19 heavy (non-hydrogen) atoms. The molecule has 0 fully saturated rings. The predicted octanol–water partition coefficient (Wildman–Crippen LogP) is 1.59. The predicted molar refractivity (Wildman–Crippen MR) is 68.7 cm³/mol. The van der Waals surface area contributed by atoms with Crippen LogP contribution < -0.4 is 4.72 Å². The molecular formula is C12H16FNO4S. The molecule has 0 aromatic heterocycles. The maximum atomic E-state index is 13.4. The number of rotatable bonds is 5. The van der Waals surface area contributed by atoms with Crippen molar-refractivity contribution in [1.29, 1.82) is 0 Å². The average Bonchev–Trinajstić information content (AvgIpc) is 2.30. The second-order valence-corrected chi connectivity index (χ2v) is 6.41. The molecule has 5 nitrogen and oxygen atoms in total. The van der Waals surface area contributed by atoms with Crippen LogP contribution in [0.4, 0.5) is 4.39 Å². The van der Waals surface area contributed by atoms with Crippen LogP contribution in [0.2, 0.25) is 0 Å². The number of hydrogen-bond donors (Lipinski definition) is 2. The third-order valence-electron chi connectivity index (χ3n) is 2.85. The Labute approximate surface area is 111 Å². The summed E-state index contributed by atoms with van der Waals surface area (Å²) in [4.78, 5) is 10.7. The SMILES string of the molecule is Cc1ccc(C(C)NS(=O)(=O)C(C)C(=O)O)cc1F. The first-order valence-electron chi connectivity index (χ1n) is 5.65. The van der Waals surface area contributed by atoms with Gasteiger partial charge < -0.3 is 5.11 Å². The molecule has 0 saturated heterocycles. The van der Waals surface area contributed by atoms with E-state index < -0.39 is 33.1 Å². The fraction of sp³-hybridized carbons (Fsp3) is 0.417. The number of benzene rings is 1. The van der Waals surface area contributed by atoms with Gasteiger partial charge in [-0.05, 0) is 38.0 Å². The summed E-state index contributed by atoms with van der Waals surface area (Å²) in [5.74, 6) is -1.87. The number of nitrogens with one attached hydrogen (secondary N) is 1. The summed E-state index contributed by atoms with van der Waals surface area (Å²) in [6.07, 6.45) is 0. The second kappa shape index (κ2) is 5.66. The third-order valence-corrected chi connectivity index (χ3v) is 4.66. The molecule has 0 amide bonds. The Kier molecular flexibility index (Phi) is 4.65. The van der Waals surface area contributed by atoms with Gasteiger partial charge in [-0.25, -0.2) is 17.5 Å². The number of hydrogen-bond acceptors (Lipinski definition) is 3. The fourth-order valence-electron chi connectivity index (χ4n) is 1.43. The Hall–Kier alpha value is -1.47. The molecule has 0 aliphatic carbocycles. The zero-order valence-electron chi connectivity index (χ0n) is 10.8. The summed E-state index contributed by atoms with van der Waals surface area (Å²) in [6.45, 7) is 4.20. The minimum Gasteiger partial charge on any atom is -0.480 e. The van der Waals surface area contributed by atoms with Gasteiger partial charge in [0.05, 0.1) is 0 Å². The average molecular weight is 289 g/mol. The summed E-state index contributed by atoms with van der Waals surface area (Å²) in [5.41, 5.74) is 0.891. The summed E-state index contributed by atoms with van der Waals surface area (Å²) in [7, 11) is -4.00. The van der Waals surface area contributed by atoms with Crippen molar-refractivity contribution in [2.24, 2.45) is 0 Å². The van der Waals surface area contributed by atoms with E-state index in [0.717, 1.165) is 6.92 Å². The third kappa shape index (κ3) is 3.74. The molecule has 1 rings (SSSR count). The van der Waals surface area contributed by atoms with E-state index in [0.29, 0.717) is 11.1 Å². The summed E-state index contributed by atoms with van der Waals surface area (Å²) in [6, 6.07) is 3.66. The minimum atomic E-state index is -4.00. The lowest BCUT2D eigenvalue weighted by atomic mass is 10.1. The van der Waals surface area contributed by atoms with Gasteiger partial charge in [-0.15, -0.1) is 0 Å². The van der Waals surface area contributed by atoms with Crippen LogP contribution in [0.25, 0.3) is 0 Å². The molecule has 1 aromatic carbocycles. The molecule has 7 heteroatoms. The van der Waals surface area contributed by atoms with Crippen LogP contribution in [0, 0.1) is 12.7 Å². The smallest absolute Gasteiger partial charge is 0.323 e. The largest absolute Gasteiger partial charge is 0.480 e. The maximum absolute atomic E-state index is 13.4. The van der Waals surface area contributed by atoms with Gasteiger partial charge in [-0.3, -0.25) is 4.79 Å². The molecule has 0 aliphatic rings. The van der Waals surface area contributed by atoms with E-state index in [4.69, 9.17) is 5.11 Å².